The molecule has 1 fully saturated rings. The number of hydrogen-bond acceptors (Lipinski definition) is 3. The molecule has 0 atom stereocenters. The molecule has 1 saturated heterocycles. The van der Waals surface area contributed by atoms with Crippen molar-refractivity contribution in [3.05, 3.63) is 35.9 Å². The molecule has 0 bridgehead atoms. The molecule has 1 amide bonds. The number of aromatic nitrogens is 1. The maximum Gasteiger partial charge on any atom is 0.222 e. The largest absolute Gasteiger partial charge is 0.370 e. The first-order valence-corrected chi connectivity index (χ1v) is 7.62. The Kier molecular flexibility index (Phi) is 4.04. The van der Waals surface area contributed by atoms with Crippen LogP contribution in [0.15, 0.2) is 30.3 Å². The van der Waals surface area contributed by atoms with Gasteiger partial charge in [0.25, 0.3) is 0 Å². The third-order valence-corrected chi connectivity index (χ3v) is 4.01. The number of nitrogens with zero attached hydrogens (tertiary/aromatic N) is 2. The van der Waals surface area contributed by atoms with Gasteiger partial charge in [0.2, 0.25) is 5.91 Å². The quantitative estimate of drug-likeness (QED) is 0.858. The second-order valence-corrected chi connectivity index (χ2v) is 5.61. The topological polar surface area (TPSA) is 45.2 Å². The summed E-state index contributed by atoms with van der Waals surface area (Å²) in [5.41, 5.74) is 2.26. The zero-order chi connectivity index (χ0) is 14.7. The highest BCUT2D eigenvalue weighted by Gasteiger charge is 2.18. The second-order valence-electron chi connectivity index (χ2n) is 5.61. The number of anilines is 1. The fourth-order valence-corrected chi connectivity index (χ4v) is 2.87. The van der Waals surface area contributed by atoms with Crippen molar-refractivity contribution in [3.63, 3.8) is 0 Å². The van der Waals surface area contributed by atoms with Crippen LogP contribution in [0.25, 0.3) is 10.9 Å². The Morgan fingerprint density at radius 3 is 3.00 bits per heavy atom. The maximum atomic E-state index is 11.5. The highest BCUT2D eigenvalue weighted by Crippen LogP contribution is 2.19. The number of hydrogen-bond donors (Lipinski definition) is 1. The summed E-state index contributed by atoms with van der Waals surface area (Å²) >= 11 is 0. The molecule has 1 aromatic carbocycles. The molecule has 3 rings (SSSR count). The van der Waals surface area contributed by atoms with Gasteiger partial charge in [-0.3, -0.25) is 4.79 Å². The molecule has 4 nitrogen and oxygen atoms in total. The molecule has 0 spiro atoms. The molecule has 1 aromatic heterocycles. The molecule has 0 saturated carbocycles. The molecule has 2 heterocycles. The summed E-state index contributed by atoms with van der Waals surface area (Å²) in [6.07, 6.45) is 2.69. The number of rotatable bonds is 5. The number of amides is 1. The highest BCUT2D eigenvalue weighted by atomic mass is 16.2. The number of likely N-dealkylation sites (tertiary alicyclic amines) is 1. The van der Waals surface area contributed by atoms with Gasteiger partial charge in [-0.25, -0.2) is 4.98 Å². The number of benzene rings is 1. The SMILES string of the molecule is Cc1cc(NCCCN2CCCC2=O)nc2ccccc12. The van der Waals surface area contributed by atoms with E-state index in [0.29, 0.717) is 5.91 Å². The standard InChI is InChI=1S/C17H21N3O/c1-13-12-16(19-15-7-3-2-6-14(13)15)18-9-5-11-20-10-4-8-17(20)21/h2-3,6-7,12H,4-5,8-11H2,1H3,(H,18,19). The van der Waals surface area contributed by atoms with Crippen LogP contribution in [-0.2, 0) is 4.79 Å². The van der Waals surface area contributed by atoms with Gasteiger partial charge < -0.3 is 10.2 Å². The number of carbonyl (C=O) groups is 1. The first-order valence-electron chi connectivity index (χ1n) is 7.62. The monoisotopic (exact) mass is 283 g/mol. The molecule has 21 heavy (non-hydrogen) atoms. The van der Waals surface area contributed by atoms with Crippen molar-refractivity contribution >= 4 is 22.6 Å². The lowest BCUT2D eigenvalue weighted by atomic mass is 10.1. The van der Waals surface area contributed by atoms with E-state index in [4.69, 9.17) is 0 Å². The predicted molar refractivity (Wildman–Crippen MR) is 85.4 cm³/mol. The van der Waals surface area contributed by atoms with Gasteiger partial charge in [0.1, 0.15) is 5.82 Å². The molecule has 1 aliphatic rings. The summed E-state index contributed by atoms with van der Waals surface area (Å²) in [6.45, 7) is 4.72. The minimum absolute atomic E-state index is 0.301. The van der Waals surface area contributed by atoms with Gasteiger partial charge >= 0.3 is 0 Å². The first kappa shape index (κ1) is 13.9. The Morgan fingerprint density at radius 2 is 2.19 bits per heavy atom. The number of pyridine rings is 1. The van der Waals surface area contributed by atoms with Crippen LogP contribution in [-0.4, -0.2) is 35.4 Å². The van der Waals surface area contributed by atoms with Gasteiger partial charge in [0.05, 0.1) is 5.52 Å². The van der Waals surface area contributed by atoms with Crippen LogP contribution in [0.5, 0.6) is 0 Å². The Labute approximate surface area is 125 Å². The van der Waals surface area contributed by atoms with Gasteiger partial charge in [0, 0.05) is 31.4 Å². The molecule has 1 N–H and O–H groups in total. The van der Waals surface area contributed by atoms with Gasteiger partial charge in [-0.2, -0.15) is 0 Å². The van der Waals surface area contributed by atoms with Crippen molar-refractivity contribution in [2.24, 2.45) is 0 Å². The molecule has 1 aliphatic heterocycles. The van der Waals surface area contributed by atoms with E-state index in [1.165, 1.54) is 10.9 Å². The Hall–Kier alpha value is -2.10. The zero-order valence-corrected chi connectivity index (χ0v) is 12.4. The molecule has 0 aliphatic carbocycles. The van der Waals surface area contributed by atoms with E-state index in [9.17, 15) is 4.79 Å². The lowest BCUT2D eigenvalue weighted by molar-refractivity contribution is -0.127. The second kappa shape index (κ2) is 6.12. The average molecular weight is 283 g/mol. The summed E-state index contributed by atoms with van der Waals surface area (Å²) < 4.78 is 0. The zero-order valence-electron chi connectivity index (χ0n) is 12.4. The van der Waals surface area contributed by atoms with Crippen LogP contribution in [0.4, 0.5) is 5.82 Å². The molecule has 0 radical (unpaired) electrons. The number of fused-ring (bicyclic) bond motifs is 1. The third kappa shape index (κ3) is 3.15. The van der Waals surface area contributed by atoms with Crippen LogP contribution >= 0.6 is 0 Å². The van der Waals surface area contributed by atoms with E-state index < -0.39 is 0 Å². The Bertz CT molecular complexity index is 654. The molecular formula is C17H21N3O. The fraction of sp³-hybridized carbons (Fsp3) is 0.412. The van der Waals surface area contributed by atoms with E-state index in [-0.39, 0.29) is 0 Å². The van der Waals surface area contributed by atoms with Crippen molar-refractivity contribution in [1.29, 1.82) is 0 Å². The van der Waals surface area contributed by atoms with Crippen LogP contribution in [0, 0.1) is 6.92 Å². The summed E-state index contributed by atoms with van der Waals surface area (Å²) in [4.78, 5) is 18.1. The van der Waals surface area contributed by atoms with E-state index in [0.717, 1.165) is 50.2 Å². The molecular weight excluding hydrogens is 262 g/mol. The van der Waals surface area contributed by atoms with E-state index >= 15 is 0 Å². The Balaban J connectivity index is 1.57. The third-order valence-electron chi connectivity index (χ3n) is 4.01. The predicted octanol–water partition coefficient (Wildman–Crippen LogP) is 2.97. The lowest BCUT2D eigenvalue weighted by Gasteiger charge is -2.15. The lowest BCUT2D eigenvalue weighted by Crippen LogP contribution is -2.27. The normalized spacial score (nSPS) is 14.9. The van der Waals surface area contributed by atoms with Crippen molar-refractivity contribution in [1.82, 2.24) is 9.88 Å². The number of aryl methyl sites for hydroxylation is 1. The summed E-state index contributed by atoms with van der Waals surface area (Å²) in [5, 5.41) is 4.57. The summed E-state index contributed by atoms with van der Waals surface area (Å²) in [7, 11) is 0. The van der Waals surface area contributed by atoms with Crippen molar-refractivity contribution < 1.29 is 4.79 Å². The van der Waals surface area contributed by atoms with Gasteiger partial charge in [-0.05, 0) is 37.5 Å². The fourth-order valence-electron chi connectivity index (χ4n) is 2.87. The summed E-state index contributed by atoms with van der Waals surface area (Å²) in [6, 6.07) is 10.3. The number of para-hydroxylation sites is 1. The highest BCUT2D eigenvalue weighted by molar-refractivity contribution is 5.83. The minimum atomic E-state index is 0.301. The van der Waals surface area contributed by atoms with Crippen molar-refractivity contribution in [2.75, 3.05) is 25.0 Å². The van der Waals surface area contributed by atoms with Crippen LogP contribution in [0.2, 0.25) is 0 Å². The van der Waals surface area contributed by atoms with Crippen molar-refractivity contribution in [2.45, 2.75) is 26.2 Å². The molecule has 110 valence electrons. The first-order chi connectivity index (χ1) is 10.2. The van der Waals surface area contributed by atoms with Crippen LogP contribution in [0.3, 0.4) is 0 Å². The smallest absolute Gasteiger partial charge is 0.222 e. The molecule has 0 unspecified atom stereocenters. The number of nitrogens with one attached hydrogen (secondary N) is 1. The maximum absolute atomic E-state index is 11.5. The molecule has 2 aromatic rings. The van der Waals surface area contributed by atoms with Gasteiger partial charge in [-0.1, -0.05) is 18.2 Å². The van der Waals surface area contributed by atoms with Crippen LogP contribution < -0.4 is 5.32 Å². The van der Waals surface area contributed by atoms with E-state index in [2.05, 4.69) is 29.4 Å². The van der Waals surface area contributed by atoms with Crippen LogP contribution in [0.1, 0.15) is 24.8 Å². The number of carbonyl (C=O) groups excluding carboxylic acids is 1. The van der Waals surface area contributed by atoms with Gasteiger partial charge in [0.15, 0.2) is 0 Å². The van der Waals surface area contributed by atoms with Gasteiger partial charge in [-0.15, -0.1) is 0 Å². The summed E-state index contributed by atoms with van der Waals surface area (Å²) in [5.74, 6) is 1.22. The Morgan fingerprint density at radius 1 is 1.33 bits per heavy atom. The average Bonchev–Trinajstić information content (AvgIpc) is 2.89. The van der Waals surface area contributed by atoms with E-state index in [1.807, 2.05) is 23.1 Å². The van der Waals surface area contributed by atoms with E-state index in [1.54, 1.807) is 0 Å². The minimum Gasteiger partial charge on any atom is -0.370 e. The van der Waals surface area contributed by atoms with Crippen molar-refractivity contribution in [3.8, 4) is 0 Å². The molecule has 4 heteroatoms.